The predicted octanol–water partition coefficient (Wildman–Crippen LogP) is 2.97. The maximum atomic E-state index is 13.7. The molecule has 3 heterocycles. The molecule has 2 aromatic rings. The van der Waals surface area contributed by atoms with Crippen molar-refractivity contribution in [3.8, 4) is 0 Å². The van der Waals surface area contributed by atoms with Gasteiger partial charge in [-0.05, 0) is 74.3 Å². The molecule has 172 valence electrons. The Morgan fingerprint density at radius 2 is 2.09 bits per heavy atom. The van der Waals surface area contributed by atoms with Gasteiger partial charge in [0.2, 0.25) is 10.0 Å². The van der Waals surface area contributed by atoms with Crippen LogP contribution in [0.4, 0.5) is 4.39 Å². The van der Waals surface area contributed by atoms with E-state index in [1.807, 2.05) is 0 Å². The second-order valence-electron chi connectivity index (χ2n) is 8.51. The number of rotatable bonds is 6. The number of aliphatic carboxylic acids is 1. The van der Waals surface area contributed by atoms with E-state index in [2.05, 4.69) is 10.1 Å². The van der Waals surface area contributed by atoms with Gasteiger partial charge in [-0.25, -0.2) is 12.8 Å². The van der Waals surface area contributed by atoms with Crippen LogP contribution in [0.1, 0.15) is 41.8 Å². The van der Waals surface area contributed by atoms with Crippen molar-refractivity contribution in [1.29, 1.82) is 0 Å². The van der Waals surface area contributed by atoms with Gasteiger partial charge >= 0.3 is 5.97 Å². The van der Waals surface area contributed by atoms with E-state index in [-0.39, 0.29) is 47.8 Å². The molecule has 8 nitrogen and oxygen atoms in total. The molecule has 0 amide bonds. The lowest BCUT2D eigenvalue weighted by Gasteiger charge is -2.38. The summed E-state index contributed by atoms with van der Waals surface area (Å²) in [7, 11) is -3.83. The van der Waals surface area contributed by atoms with Crippen LogP contribution in [0, 0.1) is 31.5 Å². The van der Waals surface area contributed by atoms with Gasteiger partial charge in [0, 0.05) is 31.8 Å². The minimum absolute atomic E-state index is 0.0343. The molecule has 0 saturated carbocycles. The number of sulfonamides is 1. The molecule has 10 heteroatoms. The average Bonchev–Trinajstić information content (AvgIpc) is 3.07. The van der Waals surface area contributed by atoms with E-state index in [0.29, 0.717) is 31.5 Å². The summed E-state index contributed by atoms with van der Waals surface area (Å²) in [6.45, 7) is 4.09. The van der Waals surface area contributed by atoms with Gasteiger partial charge in [-0.15, -0.1) is 0 Å². The number of halogens is 1. The van der Waals surface area contributed by atoms with E-state index in [9.17, 15) is 22.7 Å². The van der Waals surface area contributed by atoms with Crippen molar-refractivity contribution in [2.24, 2.45) is 16.8 Å². The number of carboxylic acid groups (broad SMARTS) is 1. The minimum atomic E-state index is -3.83. The largest absolute Gasteiger partial charge is 0.481 e. The zero-order valence-corrected chi connectivity index (χ0v) is 18.9. The highest BCUT2D eigenvalue weighted by molar-refractivity contribution is 7.89. The van der Waals surface area contributed by atoms with E-state index < -0.39 is 16.0 Å². The SMILES string of the molecule is Cc1noc(C)c1S(=O)(=O)N1CC[C@@H](CC(=O)O)[C@@H](CC2=NCCc3cc(F)ccc32)C1. The Kier molecular flexibility index (Phi) is 6.17. The molecule has 1 aromatic heterocycles. The molecule has 2 atom stereocenters. The van der Waals surface area contributed by atoms with Crippen molar-refractivity contribution >= 4 is 21.7 Å². The summed E-state index contributed by atoms with van der Waals surface area (Å²) in [5.41, 5.74) is 2.82. The van der Waals surface area contributed by atoms with Crippen molar-refractivity contribution < 1.29 is 27.2 Å². The topological polar surface area (TPSA) is 113 Å². The second kappa shape index (κ2) is 8.74. The number of benzene rings is 1. The van der Waals surface area contributed by atoms with Crippen LogP contribution in [0.3, 0.4) is 0 Å². The molecule has 0 bridgehead atoms. The molecule has 2 aliphatic heterocycles. The van der Waals surface area contributed by atoms with Crippen LogP contribution in [0.15, 0.2) is 32.6 Å². The van der Waals surface area contributed by atoms with Gasteiger partial charge in [0.15, 0.2) is 5.76 Å². The van der Waals surface area contributed by atoms with Crippen molar-refractivity contribution in [3.63, 3.8) is 0 Å². The smallest absolute Gasteiger partial charge is 0.303 e. The lowest BCUT2D eigenvalue weighted by atomic mass is 9.79. The Balaban J connectivity index is 1.62. The zero-order valence-electron chi connectivity index (χ0n) is 18.0. The fraction of sp³-hybridized carbons (Fsp3) is 0.500. The Hall–Kier alpha value is -2.59. The molecule has 2 aliphatic rings. The van der Waals surface area contributed by atoms with Crippen molar-refractivity contribution in [3.05, 3.63) is 46.6 Å². The maximum Gasteiger partial charge on any atom is 0.303 e. The van der Waals surface area contributed by atoms with Gasteiger partial charge in [0.05, 0.1) is 0 Å². The highest BCUT2D eigenvalue weighted by Crippen LogP contribution is 2.35. The van der Waals surface area contributed by atoms with E-state index in [1.165, 1.54) is 16.4 Å². The van der Waals surface area contributed by atoms with Gasteiger partial charge in [-0.3, -0.25) is 9.79 Å². The lowest BCUT2D eigenvalue weighted by molar-refractivity contribution is -0.138. The summed E-state index contributed by atoms with van der Waals surface area (Å²) in [6.07, 6.45) is 1.48. The quantitative estimate of drug-likeness (QED) is 0.705. The van der Waals surface area contributed by atoms with E-state index in [1.54, 1.807) is 19.9 Å². The minimum Gasteiger partial charge on any atom is -0.481 e. The number of aryl methyl sites for hydroxylation is 2. The number of carboxylic acids is 1. The van der Waals surface area contributed by atoms with E-state index >= 15 is 0 Å². The second-order valence-corrected chi connectivity index (χ2v) is 10.4. The number of aliphatic imine (C=N–C) groups is 1. The summed E-state index contributed by atoms with van der Waals surface area (Å²) in [4.78, 5) is 16.2. The molecule has 32 heavy (non-hydrogen) atoms. The third-order valence-electron chi connectivity index (χ3n) is 6.37. The van der Waals surface area contributed by atoms with Crippen LogP contribution in [-0.2, 0) is 21.2 Å². The number of hydrogen-bond donors (Lipinski definition) is 1. The van der Waals surface area contributed by atoms with Crippen LogP contribution in [0.25, 0.3) is 0 Å². The molecular weight excluding hydrogens is 437 g/mol. The van der Waals surface area contributed by atoms with Gasteiger partial charge in [-0.1, -0.05) is 5.16 Å². The standard InChI is InChI=1S/C22H26FN3O5S/c1-13-22(14(2)31-25-13)32(29,30)26-8-6-15(11-21(27)28)17(12-26)10-20-19-4-3-18(23)9-16(19)5-7-24-20/h3-4,9,15,17H,5-8,10-12H2,1-2H3,(H,27,28)/t15-,17-/m0/s1. The van der Waals surface area contributed by atoms with Crippen LogP contribution in [0.2, 0.25) is 0 Å². The first-order valence-electron chi connectivity index (χ1n) is 10.6. The third-order valence-corrected chi connectivity index (χ3v) is 8.48. The first-order chi connectivity index (χ1) is 15.2. The molecule has 0 radical (unpaired) electrons. The summed E-state index contributed by atoms with van der Waals surface area (Å²) in [6, 6.07) is 4.60. The van der Waals surface area contributed by atoms with Crippen LogP contribution >= 0.6 is 0 Å². The first kappa shape index (κ1) is 22.6. The molecule has 0 aliphatic carbocycles. The number of hydrogen-bond acceptors (Lipinski definition) is 6. The Bertz CT molecular complexity index is 1150. The van der Waals surface area contributed by atoms with Crippen LogP contribution in [-0.4, -0.2) is 54.3 Å². The van der Waals surface area contributed by atoms with E-state index in [4.69, 9.17) is 4.52 Å². The van der Waals surface area contributed by atoms with Gasteiger partial charge < -0.3 is 9.63 Å². The zero-order chi connectivity index (χ0) is 23.0. The summed E-state index contributed by atoms with van der Waals surface area (Å²) >= 11 is 0. The monoisotopic (exact) mass is 463 g/mol. The Labute approximate surface area is 186 Å². The predicted molar refractivity (Wildman–Crippen MR) is 115 cm³/mol. The number of nitrogens with zero attached hydrogens (tertiary/aromatic N) is 3. The maximum absolute atomic E-state index is 13.7. The highest BCUT2D eigenvalue weighted by Gasteiger charge is 2.39. The molecule has 1 N–H and O–H groups in total. The molecular formula is C22H26FN3O5S. The van der Waals surface area contributed by atoms with Crippen LogP contribution < -0.4 is 0 Å². The summed E-state index contributed by atoms with van der Waals surface area (Å²) in [5.74, 6) is -1.39. The third kappa shape index (κ3) is 4.33. The highest BCUT2D eigenvalue weighted by atomic mass is 32.2. The number of aromatic nitrogens is 1. The van der Waals surface area contributed by atoms with Crippen molar-refractivity contribution in [1.82, 2.24) is 9.46 Å². The normalized spacial score (nSPS) is 21.8. The molecule has 4 rings (SSSR count). The fourth-order valence-corrected chi connectivity index (χ4v) is 6.63. The Morgan fingerprint density at radius 3 is 2.78 bits per heavy atom. The molecule has 1 aromatic carbocycles. The van der Waals surface area contributed by atoms with Crippen molar-refractivity contribution in [2.45, 2.75) is 44.4 Å². The average molecular weight is 464 g/mol. The van der Waals surface area contributed by atoms with E-state index in [0.717, 1.165) is 16.8 Å². The number of carbonyl (C=O) groups is 1. The van der Waals surface area contributed by atoms with Gasteiger partial charge in [0.25, 0.3) is 0 Å². The first-order valence-corrected chi connectivity index (χ1v) is 12.1. The van der Waals surface area contributed by atoms with Crippen molar-refractivity contribution in [2.75, 3.05) is 19.6 Å². The van der Waals surface area contributed by atoms with Gasteiger partial charge in [-0.2, -0.15) is 4.31 Å². The summed E-state index contributed by atoms with van der Waals surface area (Å²) < 4.78 is 46.8. The lowest BCUT2D eigenvalue weighted by Crippen LogP contribution is -2.45. The summed E-state index contributed by atoms with van der Waals surface area (Å²) in [5, 5.41) is 13.2. The molecule has 1 fully saturated rings. The number of piperidine rings is 1. The van der Waals surface area contributed by atoms with Crippen LogP contribution in [0.5, 0.6) is 0 Å². The Morgan fingerprint density at radius 1 is 1.31 bits per heavy atom. The molecule has 1 saturated heterocycles. The van der Waals surface area contributed by atoms with Gasteiger partial charge in [0.1, 0.15) is 16.4 Å². The number of fused-ring (bicyclic) bond motifs is 1. The fourth-order valence-electron chi connectivity index (χ4n) is 4.83. The molecule has 0 spiro atoms. The molecule has 0 unspecified atom stereocenters.